The van der Waals surface area contributed by atoms with E-state index in [9.17, 15) is 0 Å². The first-order valence-corrected chi connectivity index (χ1v) is 12.1. The molecule has 0 saturated carbocycles. The van der Waals surface area contributed by atoms with Crippen LogP contribution in [0.25, 0.3) is 5.70 Å². The van der Waals surface area contributed by atoms with E-state index >= 15 is 0 Å². The van der Waals surface area contributed by atoms with Crippen LogP contribution in [0.15, 0.2) is 94.8 Å². The van der Waals surface area contributed by atoms with Crippen LogP contribution in [0.1, 0.15) is 55.7 Å². The molecule has 0 aliphatic carbocycles. The van der Waals surface area contributed by atoms with Gasteiger partial charge in [0.1, 0.15) is 5.75 Å². The highest BCUT2D eigenvalue weighted by Gasteiger charge is 2.28. The molecule has 4 heteroatoms. The van der Waals surface area contributed by atoms with E-state index in [0.717, 1.165) is 47.8 Å². The number of hydrogen-bond acceptors (Lipinski definition) is 4. The van der Waals surface area contributed by atoms with Crippen LogP contribution in [0, 0.1) is 0 Å². The first kappa shape index (κ1) is 22.8. The molecule has 170 valence electrons. The molecule has 0 amide bonds. The number of nitrogens with one attached hydrogen (secondary N) is 1. The number of hydrogen-bond donors (Lipinski definition) is 1. The number of aryl methyl sites for hydroxylation is 1. The van der Waals surface area contributed by atoms with Gasteiger partial charge in [0.15, 0.2) is 0 Å². The normalized spacial score (nSPS) is 15.8. The van der Waals surface area contributed by atoms with E-state index in [1.54, 1.807) is 0 Å². The summed E-state index contributed by atoms with van der Waals surface area (Å²) in [7, 11) is 0. The molecular weight excluding hydrogens is 406 g/mol. The fourth-order valence-electron chi connectivity index (χ4n) is 4.29. The van der Waals surface area contributed by atoms with E-state index < -0.39 is 0 Å². The Morgan fingerprint density at radius 2 is 1.64 bits per heavy atom. The molecule has 4 rings (SSSR count). The summed E-state index contributed by atoms with van der Waals surface area (Å²) in [5.74, 6) is 1.06. The lowest BCUT2D eigenvalue weighted by molar-refractivity contribution is 0.340. The lowest BCUT2D eigenvalue weighted by Crippen LogP contribution is -2.10. The second kappa shape index (κ2) is 11.5. The van der Waals surface area contributed by atoms with Crippen LogP contribution < -0.4 is 10.1 Å². The SMILES string of the molecule is CCCCCc1cc(OCC)ccc1N=NC1=C(c2ccccc2)NCC1c1ccccc1. The van der Waals surface area contributed by atoms with Gasteiger partial charge >= 0.3 is 0 Å². The minimum absolute atomic E-state index is 0.163. The third-order valence-electron chi connectivity index (χ3n) is 6.01. The fraction of sp³-hybridized carbons (Fsp3) is 0.310. The van der Waals surface area contributed by atoms with Crippen molar-refractivity contribution in [3.8, 4) is 5.75 Å². The van der Waals surface area contributed by atoms with Crippen LogP contribution in [-0.2, 0) is 6.42 Å². The van der Waals surface area contributed by atoms with Crippen molar-refractivity contribution >= 4 is 11.4 Å². The maximum Gasteiger partial charge on any atom is 0.119 e. The van der Waals surface area contributed by atoms with Crippen LogP contribution >= 0.6 is 0 Å². The molecular formula is C29H33N3O. The Morgan fingerprint density at radius 3 is 2.36 bits per heavy atom. The summed E-state index contributed by atoms with van der Waals surface area (Å²) in [6.45, 7) is 5.71. The van der Waals surface area contributed by atoms with Gasteiger partial charge in [-0.2, -0.15) is 10.2 Å². The molecule has 4 nitrogen and oxygen atoms in total. The molecule has 0 spiro atoms. The first-order valence-electron chi connectivity index (χ1n) is 12.1. The van der Waals surface area contributed by atoms with E-state index in [1.807, 2.05) is 25.1 Å². The van der Waals surface area contributed by atoms with Crippen LogP contribution in [0.4, 0.5) is 5.69 Å². The summed E-state index contributed by atoms with van der Waals surface area (Å²) in [4.78, 5) is 0. The lowest BCUT2D eigenvalue weighted by Gasteiger charge is -2.12. The van der Waals surface area contributed by atoms with Crippen LogP contribution in [0.3, 0.4) is 0 Å². The van der Waals surface area contributed by atoms with Gasteiger partial charge in [-0.05, 0) is 54.7 Å². The maximum atomic E-state index is 5.74. The molecule has 0 aromatic heterocycles. The number of azo groups is 1. The van der Waals surface area contributed by atoms with Gasteiger partial charge in [-0.15, -0.1) is 0 Å². The highest BCUT2D eigenvalue weighted by Crippen LogP contribution is 2.37. The zero-order valence-electron chi connectivity index (χ0n) is 19.6. The molecule has 1 N–H and O–H groups in total. The van der Waals surface area contributed by atoms with Crippen molar-refractivity contribution in [2.24, 2.45) is 10.2 Å². The van der Waals surface area contributed by atoms with Gasteiger partial charge in [0, 0.05) is 12.5 Å². The Labute approximate surface area is 197 Å². The Bertz CT molecular complexity index is 1090. The molecule has 0 saturated heterocycles. The Hall–Kier alpha value is -3.40. The van der Waals surface area contributed by atoms with Crippen molar-refractivity contribution in [3.05, 3.63) is 101 Å². The average molecular weight is 440 g/mol. The van der Waals surface area contributed by atoms with Gasteiger partial charge < -0.3 is 10.1 Å². The molecule has 33 heavy (non-hydrogen) atoms. The van der Waals surface area contributed by atoms with Crippen LogP contribution in [-0.4, -0.2) is 13.2 Å². The lowest BCUT2D eigenvalue weighted by atomic mass is 9.96. The van der Waals surface area contributed by atoms with E-state index in [-0.39, 0.29) is 5.92 Å². The van der Waals surface area contributed by atoms with Crippen molar-refractivity contribution in [3.63, 3.8) is 0 Å². The second-order valence-electron chi connectivity index (χ2n) is 8.35. The number of ether oxygens (including phenoxy) is 1. The minimum atomic E-state index is 0.163. The topological polar surface area (TPSA) is 46.0 Å². The molecule has 3 aromatic rings. The smallest absolute Gasteiger partial charge is 0.119 e. The van der Waals surface area contributed by atoms with Crippen molar-refractivity contribution in [1.29, 1.82) is 0 Å². The van der Waals surface area contributed by atoms with Crippen molar-refractivity contribution in [2.45, 2.75) is 45.4 Å². The van der Waals surface area contributed by atoms with Crippen LogP contribution in [0.5, 0.6) is 5.75 Å². The predicted molar refractivity (Wildman–Crippen MR) is 136 cm³/mol. The summed E-state index contributed by atoms with van der Waals surface area (Å²) in [5, 5.41) is 13.3. The quantitative estimate of drug-likeness (QED) is 0.260. The molecule has 0 bridgehead atoms. The van der Waals surface area contributed by atoms with Crippen molar-refractivity contribution in [1.82, 2.24) is 5.32 Å². The third-order valence-corrected chi connectivity index (χ3v) is 6.01. The minimum Gasteiger partial charge on any atom is -0.494 e. The van der Waals surface area contributed by atoms with E-state index in [4.69, 9.17) is 15.0 Å². The van der Waals surface area contributed by atoms with Gasteiger partial charge in [-0.1, -0.05) is 80.4 Å². The van der Waals surface area contributed by atoms with E-state index in [0.29, 0.717) is 6.61 Å². The standard InChI is InChI=1S/C29H33N3O/c1-3-5-8-17-24-20-25(33-4-2)18-19-27(24)31-32-29-26(22-13-9-6-10-14-22)21-30-28(29)23-15-11-7-12-16-23/h6-7,9-16,18-20,26,30H,3-5,8,17,21H2,1-2H3. The molecule has 1 aliphatic heterocycles. The third kappa shape index (κ3) is 5.70. The Balaban J connectivity index is 1.71. The summed E-state index contributed by atoms with van der Waals surface area (Å²) in [6.07, 6.45) is 4.52. The molecule has 3 aromatic carbocycles. The Morgan fingerprint density at radius 1 is 0.879 bits per heavy atom. The van der Waals surface area contributed by atoms with E-state index in [1.165, 1.54) is 24.0 Å². The Kier molecular flexibility index (Phi) is 7.91. The second-order valence-corrected chi connectivity index (χ2v) is 8.35. The van der Waals surface area contributed by atoms with Crippen molar-refractivity contribution in [2.75, 3.05) is 13.2 Å². The number of nitrogens with zero attached hydrogens (tertiary/aromatic N) is 2. The highest BCUT2D eigenvalue weighted by atomic mass is 16.5. The average Bonchev–Trinajstić information content (AvgIpc) is 3.29. The van der Waals surface area contributed by atoms with Gasteiger partial charge in [-0.3, -0.25) is 0 Å². The highest BCUT2D eigenvalue weighted by molar-refractivity contribution is 5.71. The molecule has 0 fully saturated rings. The summed E-state index contributed by atoms with van der Waals surface area (Å²) in [5.41, 5.74) is 6.56. The summed E-state index contributed by atoms with van der Waals surface area (Å²) in [6, 6.07) is 27.1. The summed E-state index contributed by atoms with van der Waals surface area (Å²) >= 11 is 0. The number of rotatable bonds is 10. The molecule has 0 radical (unpaired) electrons. The molecule has 1 heterocycles. The van der Waals surface area contributed by atoms with E-state index in [2.05, 4.69) is 72.9 Å². The fourth-order valence-corrected chi connectivity index (χ4v) is 4.29. The molecule has 1 unspecified atom stereocenters. The predicted octanol–water partition coefficient (Wildman–Crippen LogP) is 7.66. The summed E-state index contributed by atoms with van der Waals surface area (Å²) < 4.78 is 5.74. The van der Waals surface area contributed by atoms with Crippen LogP contribution in [0.2, 0.25) is 0 Å². The zero-order valence-corrected chi connectivity index (χ0v) is 19.6. The van der Waals surface area contributed by atoms with Gasteiger partial charge in [0.25, 0.3) is 0 Å². The number of unbranched alkanes of at least 4 members (excludes halogenated alkanes) is 2. The maximum absolute atomic E-state index is 5.74. The monoisotopic (exact) mass is 439 g/mol. The van der Waals surface area contributed by atoms with Crippen molar-refractivity contribution < 1.29 is 4.74 Å². The zero-order chi connectivity index (χ0) is 22.9. The molecule has 1 aliphatic rings. The van der Waals surface area contributed by atoms with Gasteiger partial charge in [0.05, 0.1) is 23.7 Å². The van der Waals surface area contributed by atoms with Gasteiger partial charge in [-0.25, -0.2) is 0 Å². The molecule has 1 atom stereocenters. The number of benzene rings is 3. The first-order chi connectivity index (χ1) is 16.3. The van der Waals surface area contributed by atoms with Gasteiger partial charge in [0.2, 0.25) is 0 Å². The largest absolute Gasteiger partial charge is 0.494 e.